The minimum atomic E-state index is 0.467. The SMILES string of the molecule is CCC(C)C[C@H](CC)c1cnn(C(C)C)c1. The molecule has 0 fully saturated rings. The van der Waals surface area contributed by atoms with E-state index in [9.17, 15) is 0 Å². The van der Waals surface area contributed by atoms with Gasteiger partial charge in [0.25, 0.3) is 0 Å². The van der Waals surface area contributed by atoms with E-state index in [0.717, 1.165) is 5.92 Å². The van der Waals surface area contributed by atoms with Gasteiger partial charge in [0.05, 0.1) is 6.20 Å². The Hall–Kier alpha value is -0.790. The van der Waals surface area contributed by atoms with Crippen LogP contribution in [0.25, 0.3) is 0 Å². The van der Waals surface area contributed by atoms with E-state index in [1.54, 1.807) is 0 Å². The fourth-order valence-corrected chi connectivity index (χ4v) is 2.04. The number of hydrogen-bond donors (Lipinski definition) is 0. The molecule has 16 heavy (non-hydrogen) atoms. The maximum atomic E-state index is 4.43. The Balaban J connectivity index is 2.71. The quantitative estimate of drug-likeness (QED) is 0.698. The molecule has 1 unspecified atom stereocenters. The van der Waals surface area contributed by atoms with Crippen molar-refractivity contribution in [3.8, 4) is 0 Å². The zero-order valence-electron chi connectivity index (χ0n) is 11.4. The number of nitrogens with zero attached hydrogens (tertiary/aromatic N) is 2. The summed E-state index contributed by atoms with van der Waals surface area (Å²) in [5.41, 5.74) is 1.41. The lowest BCUT2D eigenvalue weighted by molar-refractivity contribution is 0.446. The van der Waals surface area contributed by atoms with Crippen LogP contribution in [0, 0.1) is 5.92 Å². The van der Waals surface area contributed by atoms with Gasteiger partial charge in [-0.25, -0.2) is 0 Å². The van der Waals surface area contributed by atoms with E-state index in [0.29, 0.717) is 12.0 Å². The second-order valence-electron chi connectivity index (χ2n) is 5.20. The zero-order chi connectivity index (χ0) is 12.1. The summed E-state index contributed by atoms with van der Waals surface area (Å²) < 4.78 is 2.06. The Bertz CT molecular complexity index is 301. The molecule has 0 amide bonds. The van der Waals surface area contributed by atoms with Crippen LogP contribution in [-0.4, -0.2) is 9.78 Å². The largest absolute Gasteiger partial charge is 0.270 e. The molecule has 2 nitrogen and oxygen atoms in total. The van der Waals surface area contributed by atoms with Crippen LogP contribution in [0.5, 0.6) is 0 Å². The van der Waals surface area contributed by atoms with Crippen molar-refractivity contribution in [3.63, 3.8) is 0 Å². The number of hydrogen-bond acceptors (Lipinski definition) is 1. The summed E-state index contributed by atoms with van der Waals surface area (Å²) in [4.78, 5) is 0. The predicted octanol–water partition coefficient (Wildman–Crippen LogP) is 4.39. The van der Waals surface area contributed by atoms with Crippen molar-refractivity contribution in [1.82, 2.24) is 9.78 Å². The van der Waals surface area contributed by atoms with Gasteiger partial charge in [0, 0.05) is 12.2 Å². The van der Waals surface area contributed by atoms with E-state index in [2.05, 4.69) is 56.8 Å². The maximum absolute atomic E-state index is 4.43. The lowest BCUT2D eigenvalue weighted by Gasteiger charge is -2.17. The molecule has 1 rings (SSSR count). The van der Waals surface area contributed by atoms with Crippen LogP contribution >= 0.6 is 0 Å². The second kappa shape index (κ2) is 6.07. The van der Waals surface area contributed by atoms with Gasteiger partial charge >= 0.3 is 0 Å². The average Bonchev–Trinajstić information content (AvgIpc) is 2.74. The number of aromatic nitrogens is 2. The first-order valence-electron chi connectivity index (χ1n) is 6.62. The van der Waals surface area contributed by atoms with Gasteiger partial charge in [-0.2, -0.15) is 5.10 Å². The minimum absolute atomic E-state index is 0.467. The highest BCUT2D eigenvalue weighted by atomic mass is 15.3. The summed E-state index contributed by atoms with van der Waals surface area (Å²) in [7, 11) is 0. The summed E-state index contributed by atoms with van der Waals surface area (Å²) in [5.74, 6) is 1.50. The van der Waals surface area contributed by atoms with Crippen LogP contribution in [0.2, 0.25) is 0 Å². The molecule has 1 aromatic rings. The van der Waals surface area contributed by atoms with Gasteiger partial charge in [-0.15, -0.1) is 0 Å². The van der Waals surface area contributed by atoms with Crippen molar-refractivity contribution < 1.29 is 0 Å². The van der Waals surface area contributed by atoms with Gasteiger partial charge < -0.3 is 0 Å². The third-order valence-electron chi connectivity index (χ3n) is 3.50. The summed E-state index contributed by atoms with van der Waals surface area (Å²) in [6.07, 6.45) is 8.05. The van der Waals surface area contributed by atoms with Gasteiger partial charge in [0.2, 0.25) is 0 Å². The molecule has 0 radical (unpaired) electrons. The van der Waals surface area contributed by atoms with Gasteiger partial charge in [-0.05, 0) is 44.1 Å². The van der Waals surface area contributed by atoms with Crippen LogP contribution in [-0.2, 0) is 0 Å². The highest BCUT2D eigenvalue weighted by molar-refractivity contribution is 5.11. The maximum Gasteiger partial charge on any atom is 0.0524 e. The molecule has 0 saturated carbocycles. The molecule has 0 spiro atoms. The van der Waals surface area contributed by atoms with E-state index < -0.39 is 0 Å². The summed E-state index contributed by atoms with van der Waals surface area (Å²) in [6.45, 7) is 11.2. The molecule has 0 bridgehead atoms. The molecule has 0 aliphatic rings. The molecule has 2 atom stereocenters. The van der Waals surface area contributed by atoms with Crippen molar-refractivity contribution in [2.24, 2.45) is 5.92 Å². The molecular weight excluding hydrogens is 196 g/mol. The molecule has 1 aromatic heterocycles. The standard InChI is InChI=1S/C14H26N2/c1-6-12(5)8-13(7-2)14-9-15-16(10-14)11(3)4/h9-13H,6-8H2,1-5H3/t12?,13-/m0/s1. The lowest BCUT2D eigenvalue weighted by Crippen LogP contribution is -2.04. The second-order valence-corrected chi connectivity index (χ2v) is 5.20. The smallest absolute Gasteiger partial charge is 0.0524 e. The molecular formula is C14H26N2. The number of rotatable bonds is 6. The third-order valence-corrected chi connectivity index (χ3v) is 3.50. The summed E-state index contributed by atoms with van der Waals surface area (Å²) >= 11 is 0. The van der Waals surface area contributed by atoms with E-state index in [1.807, 2.05) is 0 Å². The van der Waals surface area contributed by atoms with Gasteiger partial charge in [-0.3, -0.25) is 4.68 Å². The highest BCUT2D eigenvalue weighted by Crippen LogP contribution is 2.28. The molecule has 92 valence electrons. The van der Waals surface area contributed by atoms with Crippen molar-refractivity contribution >= 4 is 0 Å². The normalized spacial score (nSPS) is 15.4. The van der Waals surface area contributed by atoms with E-state index in [-0.39, 0.29) is 0 Å². The topological polar surface area (TPSA) is 17.8 Å². The average molecular weight is 222 g/mol. The molecule has 0 saturated heterocycles. The van der Waals surface area contributed by atoms with Crippen molar-refractivity contribution in [1.29, 1.82) is 0 Å². The van der Waals surface area contributed by atoms with Crippen LogP contribution in [0.4, 0.5) is 0 Å². The molecule has 2 heteroatoms. The zero-order valence-corrected chi connectivity index (χ0v) is 11.4. The lowest BCUT2D eigenvalue weighted by atomic mass is 9.88. The van der Waals surface area contributed by atoms with E-state index in [1.165, 1.54) is 24.8 Å². The van der Waals surface area contributed by atoms with Gasteiger partial charge in [0.15, 0.2) is 0 Å². The Kier molecular flexibility index (Phi) is 5.04. The third kappa shape index (κ3) is 3.36. The molecule has 1 heterocycles. The van der Waals surface area contributed by atoms with Crippen LogP contribution in [0.15, 0.2) is 12.4 Å². The van der Waals surface area contributed by atoms with Crippen LogP contribution in [0.3, 0.4) is 0 Å². The molecule has 0 aromatic carbocycles. The Morgan fingerprint density at radius 2 is 1.88 bits per heavy atom. The van der Waals surface area contributed by atoms with Crippen LogP contribution in [0.1, 0.15) is 71.4 Å². The van der Waals surface area contributed by atoms with Gasteiger partial charge in [-0.1, -0.05) is 27.2 Å². The Morgan fingerprint density at radius 3 is 2.31 bits per heavy atom. The fourth-order valence-electron chi connectivity index (χ4n) is 2.04. The van der Waals surface area contributed by atoms with Crippen molar-refractivity contribution in [2.45, 2.75) is 65.8 Å². The fraction of sp³-hybridized carbons (Fsp3) is 0.786. The Labute approximate surface area is 100 Å². The highest BCUT2D eigenvalue weighted by Gasteiger charge is 2.15. The molecule has 0 aliphatic heterocycles. The van der Waals surface area contributed by atoms with Crippen molar-refractivity contribution in [3.05, 3.63) is 18.0 Å². The first-order valence-corrected chi connectivity index (χ1v) is 6.62. The minimum Gasteiger partial charge on any atom is -0.270 e. The first-order chi connectivity index (χ1) is 7.58. The first kappa shape index (κ1) is 13.3. The van der Waals surface area contributed by atoms with E-state index in [4.69, 9.17) is 0 Å². The van der Waals surface area contributed by atoms with Crippen LogP contribution < -0.4 is 0 Å². The summed E-state index contributed by atoms with van der Waals surface area (Å²) in [5, 5.41) is 4.43. The molecule has 0 aliphatic carbocycles. The van der Waals surface area contributed by atoms with Gasteiger partial charge in [0.1, 0.15) is 0 Å². The Morgan fingerprint density at radius 1 is 1.19 bits per heavy atom. The van der Waals surface area contributed by atoms with E-state index >= 15 is 0 Å². The van der Waals surface area contributed by atoms with Crippen molar-refractivity contribution in [2.75, 3.05) is 0 Å². The predicted molar refractivity (Wildman–Crippen MR) is 69.7 cm³/mol. The summed E-state index contributed by atoms with van der Waals surface area (Å²) in [6, 6.07) is 0.467. The molecule has 0 N–H and O–H groups in total. The monoisotopic (exact) mass is 222 g/mol.